The van der Waals surface area contributed by atoms with Crippen LogP contribution in [0.4, 0.5) is 11.4 Å². The normalized spacial score (nSPS) is 15.9. The third-order valence-electron chi connectivity index (χ3n) is 6.31. The number of hydrogen-bond donors (Lipinski definition) is 1. The fraction of sp³-hybridized carbons (Fsp3) is 0.346. The molecule has 1 heterocycles. The highest BCUT2D eigenvalue weighted by molar-refractivity contribution is 5.86. The van der Waals surface area contributed by atoms with Gasteiger partial charge < -0.3 is 15.1 Å². The zero-order chi connectivity index (χ0) is 20.3. The highest BCUT2D eigenvalue weighted by Gasteiger charge is 2.29. The number of fused-ring (bicyclic) bond motifs is 2. The molecule has 3 aromatic rings. The molecule has 1 aliphatic heterocycles. The molecule has 3 aromatic carbocycles. The van der Waals surface area contributed by atoms with Crippen molar-refractivity contribution in [3.05, 3.63) is 72.3 Å². The molecule has 1 aliphatic carbocycles. The summed E-state index contributed by atoms with van der Waals surface area (Å²) in [5, 5.41) is 5.66. The molecule has 1 fully saturated rings. The van der Waals surface area contributed by atoms with Gasteiger partial charge >= 0.3 is 0 Å². The Morgan fingerprint density at radius 1 is 0.867 bits per heavy atom. The molecule has 30 heavy (non-hydrogen) atoms. The number of para-hydroxylation sites is 2. The van der Waals surface area contributed by atoms with E-state index in [0.717, 1.165) is 32.0 Å². The van der Waals surface area contributed by atoms with E-state index in [-0.39, 0.29) is 5.91 Å². The Balaban J connectivity index is 1.19. The van der Waals surface area contributed by atoms with Crippen molar-refractivity contribution in [3.63, 3.8) is 0 Å². The van der Waals surface area contributed by atoms with Crippen LogP contribution in [0.1, 0.15) is 18.4 Å². The minimum absolute atomic E-state index is 0.0979. The Hall–Kier alpha value is -3.01. The molecule has 1 amide bonds. The molecule has 0 radical (unpaired) electrons. The Kier molecular flexibility index (Phi) is 5.31. The van der Waals surface area contributed by atoms with E-state index >= 15 is 0 Å². The first-order valence-corrected chi connectivity index (χ1v) is 11.1. The average molecular weight is 400 g/mol. The molecule has 2 aliphatic rings. The average Bonchev–Trinajstić information content (AvgIpc) is 3.60. The second kappa shape index (κ2) is 8.39. The van der Waals surface area contributed by atoms with E-state index in [1.54, 1.807) is 0 Å². The van der Waals surface area contributed by atoms with Gasteiger partial charge in [0.15, 0.2) is 0 Å². The number of carbonyl (C=O) groups excluding carboxylic acids is 1. The van der Waals surface area contributed by atoms with Gasteiger partial charge in [-0.15, -0.1) is 0 Å². The maximum atomic E-state index is 12.7. The zero-order valence-electron chi connectivity index (χ0n) is 17.4. The van der Waals surface area contributed by atoms with Gasteiger partial charge in [0.1, 0.15) is 0 Å². The first-order valence-electron chi connectivity index (χ1n) is 11.1. The van der Waals surface area contributed by atoms with Crippen LogP contribution in [0.25, 0.3) is 10.8 Å². The summed E-state index contributed by atoms with van der Waals surface area (Å²) in [5.74, 6) is 0.961. The Labute approximate surface area is 178 Å². The maximum Gasteiger partial charge on any atom is 0.239 e. The van der Waals surface area contributed by atoms with Crippen molar-refractivity contribution in [1.82, 2.24) is 5.32 Å². The van der Waals surface area contributed by atoms with Gasteiger partial charge in [0.2, 0.25) is 5.91 Å². The zero-order valence-corrected chi connectivity index (χ0v) is 17.4. The molecular formula is C26H29N3O. The number of anilines is 2. The third kappa shape index (κ3) is 4.13. The molecule has 0 unspecified atom stereocenters. The predicted molar refractivity (Wildman–Crippen MR) is 124 cm³/mol. The Morgan fingerprint density at radius 3 is 2.40 bits per heavy atom. The van der Waals surface area contributed by atoms with Gasteiger partial charge in [0.25, 0.3) is 0 Å². The van der Waals surface area contributed by atoms with Crippen molar-refractivity contribution in [3.8, 4) is 0 Å². The van der Waals surface area contributed by atoms with E-state index in [1.165, 1.54) is 40.6 Å². The van der Waals surface area contributed by atoms with Crippen LogP contribution in [0.3, 0.4) is 0 Å². The predicted octanol–water partition coefficient (Wildman–Crippen LogP) is 4.24. The van der Waals surface area contributed by atoms with Crippen molar-refractivity contribution in [2.45, 2.75) is 19.3 Å². The molecule has 154 valence electrons. The molecule has 0 aromatic heterocycles. The standard InChI is InChI=1S/C26H29N3O/c30-26(27-15-14-22-8-5-7-21-6-1-2-9-23(21)22)19-29-17-16-28(18-20-12-13-20)24-10-3-4-11-25(24)29/h1-11,20H,12-19H2,(H,27,30). The molecule has 1 N–H and O–H groups in total. The molecule has 0 atom stereocenters. The van der Waals surface area contributed by atoms with Gasteiger partial charge in [0, 0.05) is 26.2 Å². The number of rotatable bonds is 7. The fourth-order valence-electron chi connectivity index (χ4n) is 4.52. The van der Waals surface area contributed by atoms with Crippen LogP contribution >= 0.6 is 0 Å². The van der Waals surface area contributed by atoms with Gasteiger partial charge in [-0.25, -0.2) is 0 Å². The van der Waals surface area contributed by atoms with E-state index in [0.29, 0.717) is 13.1 Å². The van der Waals surface area contributed by atoms with Crippen LogP contribution in [0.15, 0.2) is 66.7 Å². The lowest BCUT2D eigenvalue weighted by Crippen LogP contribution is -2.46. The molecule has 0 saturated heterocycles. The highest BCUT2D eigenvalue weighted by atomic mass is 16.2. The van der Waals surface area contributed by atoms with Crippen LogP contribution in [-0.2, 0) is 11.2 Å². The Bertz CT molecular complexity index is 1040. The highest BCUT2D eigenvalue weighted by Crippen LogP contribution is 2.37. The topological polar surface area (TPSA) is 35.6 Å². The molecule has 0 bridgehead atoms. The SMILES string of the molecule is O=C(CN1CCN(CC2CC2)c2ccccc21)NCCc1cccc2ccccc12. The lowest BCUT2D eigenvalue weighted by molar-refractivity contribution is -0.119. The summed E-state index contributed by atoms with van der Waals surface area (Å²) in [6.07, 6.45) is 3.57. The molecule has 1 saturated carbocycles. The first-order chi connectivity index (χ1) is 14.8. The van der Waals surface area contributed by atoms with Gasteiger partial charge in [-0.3, -0.25) is 4.79 Å². The number of nitrogens with zero attached hydrogens (tertiary/aromatic N) is 2. The molecule has 5 rings (SSSR count). The summed E-state index contributed by atoms with van der Waals surface area (Å²) in [4.78, 5) is 17.4. The second-order valence-electron chi connectivity index (χ2n) is 8.54. The van der Waals surface area contributed by atoms with Gasteiger partial charge in [-0.1, -0.05) is 54.6 Å². The van der Waals surface area contributed by atoms with E-state index < -0.39 is 0 Å². The van der Waals surface area contributed by atoms with E-state index in [1.807, 2.05) is 0 Å². The largest absolute Gasteiger partial charge is 0.368 e. The van der Waals surface area contributed by atoms with Gasteiger partial charge in [-0.2, -0.15) is 0 Å². The Morgan fingerprint density at radius 2 is 1.57 bits per heavy atom. The minimum atomic E-state index is 0.0979. The van der Waals surface area contributed by atoms with Gasteiger partial charge in [-0.05, 0) is 53.6 Å². The van der Waals surface area contributed by atoms with E-state index in [2.05, 4.69) is 81.8 Å². The first kappa shape index (κ1) is 19.0. The summed E-state index contributed by atoms with van der Waals surface area (Å²) < 4.78 is 0. The molecule has 0 spiro atoms. The molecular weight excluding hydrogens is 370 g/mol. The lowest BCUT2D eigenvalue weighted by atomic mass is 10.0. The van der Waals surface area contributed by atoms with Crippen LogP contribution in [0.5, 0.6) is 0 Å². The summed E-state index contributed by atoms with van der Waals surface area (Å²) in [6.45, 7) is 4.14. The van der Waals surface area contributed by atoms with Crippen molar-refractivity contribution >= 4 is 28.1 Å². The molecule has 4 heteroatoms. The summed E-state index contributed by atoms with van der Waals surface area (Å²) in [6, 6.07) is 23.3. The van der Waals surface area contributed by atoms with Crippen molar-refractivity contribution < 1.29 is 4.79 Å². The number of nitrogens with one attached hydrogen (secondary N) is 1. The van der Waals surface area contributed by atoms with Crippen LogP contribution in [0, 0.1) is 5.92 Å². The lowest BCUT2D eigenvalue weighted by Gasteiger charge is -2.38. The third-order valence-corrected chi connectivity index (χ3v) is 6.31. The number of amides is 1. The molecule has 4 nitrogen and oxygen atoms in total. The number of carbonyl (C=O) groups is 1. The van der Waals surface area contributed by atoms with Crippen LogP contribution in [-0.4, -0.2) is 38.6 Å². The second-order valence-corrected chi connectivity index (χ2v) is 8.54. The van der Waals surface area contributed by atoms with Crippen molar-refractivity contribution in [1.29, 1.82) is 0 Å². The quantitative estimate of drug-likeness (QED) is 0.646. The summed E-state index contributed by atoms with van der Waals surface area (Å²) in [7, 11) is 0. The monoisotopic (exact) mass is 399 g/mol. The number of benzene rings is 3. The minimum Gasteiger partial charge on any atom is -0.368 e. The van der Waals surface area contributed by atoms with Crippen LogP contribution < -0.4 is 15.1 Å². The van der Waals surface area contributed by atoms with E-state index in [4.69, 9.17) is 0 Å². The maximum absolute atomic E-state index is 12.7. The van der Waals surface area contributed by atoms with Crippen LogP contribution in [0.2, 0.25) is 0 Å². The fourth-order valence-corrected chi connectivity index (χ4v) is 4.52. The van der Waals surface area contributed by atoms with Gasteiger partial charge in [0.05, 0.1) is 17.9 Å². The summed E-state index contributed by atoms with van der Waals surface area (Å²) in [5.41, 5.74) is 3.75. The van der Waals surface area contributed by atoms with E-state index in [9.17, 15) is 4.79 Å². The van der Waals surface area contributed by atoms with Crippen molar-refractivity contribution in [2.24, 2.45) is 5.92 Å². The number of hydrogen-bond acceptors (Lipinski definition) is 3. The van der Waals surface area contributed by atoms with Crippen molar-refractivity contribution in [2.75, 3.05) is 42.5 Å². The summed E-state index contributed by atoms with van der Waals surface area (Å²) >= 11 is 0. The smallest absolute Gasteiger partial charge is 0.239 e.